The quantitative estimate of drug-likeness (QED) is 0.292. The highest BCUT2D eigenvalue weighted by Gasteiger charge is 2.41. The molecule has 11 nitrogen and oxygen atoms in total. The molecule has 0 spiro atoms. The number of benzene rings is 2. The Kier molecular flexibility index (Phi) is 13.8. The third-order valence-electron chi connectivity index (χ3n) is 8.00. The third kappa shape index (κ3) is 10.6. The van der Waals surface area contributed by atoms with Crippen LogP contribution in [-0.4, -0.2) is 103 Å². The van der Waals surface area contributed by atoms with Gasteiger partial charge in [-0.25, -0.2) is 4.79 Å². The number of esters is 1. The van der Waals surface area contributed by atoms with Crippen molar-refractivity contribution in [2.45, 2.75) is 71.5 Å². The fourth-order valence-electron chi connectivity index (χ4n) is 5.55. The maximum Gasteiger partial charge on any atom is 0.344 e. The fourth-order valence-corrected chi connectivity index (χ4v) is 5.55. The first kappa shape index (κ1) is 37.1. The first-order valence-corrected chi connectivity index (χ1v) is 16.3. The first-order chi connectivity index (χ1) is 22.3. The molecule has 0 aromatic heterocycles. The van der Waals surface area contributed by atoms with Gasteiger partial charge in [0.05, 0.1) is 12.2 Å². The van der Waals surface area contributed by atoms with Gasteiger partial charge in [-0.15, -0.1) is 0 Å². The van der Waals surface area contributed by atoms with Crippen molar-refractivity contribution in [3.05, 3.63) is 65.7 Å². The van der Waals surface area contributed by atoms with Crippen molar-refractivity contribution >= 4 is 29.6 Å². The van der Waals surface area contributed by atoms with Crippen LogP contribution < -0.4 is 10.1 Å². The second-order valence-electron chi connectivity index (χ2n) is 13.1. The van der Waals surface area contributed by atoms with E-state index < -0.39 is 30.0 Å². The van der Waals surface area contributed by atoms with Crippen LogP contribution in [0.15, 0.2) is 54.6 Å². The summed E-state index contributed by atoms with van der Waals surface area (Å²) in [6.07, 6.45) is 1.75. The molecule has 1 saturated heterocycles. The Balaban J connectivity index is 1.78. The number of ether oxygens (including phenoxy) is 2. The van der Waals surface area contributed by atoms with Crippen LogP contribution in [0, 0.1) is 11.8 Å². The third-order valence-corrected chi connectivity index (χ3v) is 8.00. The Morgan fingerprint density at radius 2 is 1.57 bits per heavy atom. The minimum absolute atomic E-state index is 0.0545. The van der Waals surface area contributed by atoms with Gasteiger partial charge in [0.2, 0.25) is 17.7 Å². The molecule has 47 heavy (non-hydrogen) atoms. The summed E-state index contributed by atoms with van der Waals surface area (Å²) < 4.78 is 10.8. The number of carbonyl (C=O) groups is 5. The van der Waals surface area contributed by atoms with Crippen molar-refractivity contribution in [1.82, 2.24) is 20.0 Å². The van der Waals surface area contributed by atoms with Crippen molar-refractivity contribution in [1.29, 1.82) is 0 Å². The van der Waals surface area contributed by atoms with E-state index in [1.54, 1.807) is 50.3 Å². The minimum Gasteiger partial charge on any atom is -0.481 e. The van der Waals surface area contributed by atoms with Crippen LogP contribution in [0.3, 0.4) is 0 Å². The maximum atomic E-state index is 14.1. The topological polar surface area (TPSA) is 126 Å². The second-order valence-corrected chi connectivity index (χ2v) is 13.1. The molecule has 256 valence electrons. The van der Waals surface area contributed by atoms with E-state index in [1.165, 1.54) is 9.80 Å². The lowest BCUT2D eigenvalue weighted by atomic mass is 10.0. The van der Waals surface area contributed by atoms with Crippen LogP contribution in [0.25, 0.3) is 0 Å². The molecule has 0 unspecified atom stereocenters. The second kappa shape index (κ2) is 17.5. The predicted octanol–water partition coefficient (Wildman–Crippen LogP) is 3.56. The molecule has 0 saturated carbocycles. The average molecular weight is 651 g/mol. The molecular formula is C36H50N4O7. The summed E-state index contributed by atoms with van der Waals surface area (Å²) >= 11 is 0. The van der Waals surface area contributed by atoms with Crippen LogP contribution in [0.1, 0.15) is 62.9 Å². The lowest BCUT2D eigenvalue weighted by Crippen LogP contribution is -2.57. The molecule has 11 heteroatoms. The molecule has 1 N–H and O–H groups in total. The molecule has 3 rings (SSSR count). The van der Waals surface area contributed by atoms with Crippen molar-refractivity contribution in [2.75, 3.05) is 40.9 Å². The van der Waals surface area contributed by atoms with E-state index in [0.29, 0.717) is 32.2 Å². The minimum atomic E-state index is -0.909. The van der Waals surface area contributed by atoms with Gasteiger partial charge in [-0.3, -0.25) is 19.2 Å². The smallest absolute Gasteiger partial charge is 0.344 e. The van der Waals surface area contributed by atoms with Crippen LogP contribution in [-0.2, 0) is 30.3 Å². The predicted molar refractivity (Wildman–Crippen MR) is 179 cm³/mol. The summed E-state index contributed by atoms with van der Waals surface area (Å²) in [5, 5.41) is 2.87. The maximum absolute atomic E-state index is 14.1. The van der Waals surface area contributed by atoms with E-state index in [2.05, 4.69) is 5.32 Å². The van der Waals surface area contributed by atoms with E-state index in [0.717, 1.165) is 5.56 Å². The average Bonchev–Trinajstić information content (AvgIpc) is 3.54. The number of nitrogens with zero attached hydrogens (tertiary/aromatic N) is 3. The van der Waals surface area contributed by atoms with Crippen molar-refractivity contribution in [3.8, 4) is 5.75 Å². The lowest BCUT2D eigenvalue weighted by molar-refractivity contribution is -0.149. The normalized spacial score (nSPS) is 15.6. The fraction of sp³-hybridized carbons (Fsp3) is 0.528. The van der Waals surface area contributed by atoms with Gasteiger partial charge in [0.15, 0.2) is 6.61 Å². The number of para-hydroxylation sites is 1. The van der Waals surface area contributed by atoms with Crippen molar-refractivity contribution in [3.63, 3.8) is 0 Å². The van der Waals surface area contributed by atoms with Gasteiger partial charge in [0.25, 0.3) is 5.91 Å². The molecule has 1 heterocycles. The van der Waals surface area contributed by atoms with Gasteiger partial charge in [-0.05, 0) is 48.8 Å². The molecule has 0 bridgehead atoms. The summed E-state index contributed by atoms with van der Waals surface area (Å²) in [5.41, 5.74) is 1.09. The van der Waals surface area contributed by atoms with E-state index in [-0.39, 0.29) is 54.1 Å². The molecule has 3 atom stereocenters. The molecule has 1 aliphatic heterocycles. The lowest BCUT2D eigenvalue weighted by Gasteiger charge is -2.35. The zero-order valence-electron chi connectivity index (χ0n) is 28.7. The van der Waals surface area contributed by atoms with E-state index >= 15 is 0 Å². The highest BCUT2D eigenvalue weighted by molar-refractivity contribution is 6.00. The molecule has 0 radical (unpaired) electrons. The van der Waals surface area contributed by atoms with Gasteiger partial charge in [0.1, 0.15) is 23.9 Å². The van der Waals surface area contributed by atoms with Crippen molar-refractivity contribution < 1.29 is 33.4 Å². The number of hydrogen-bond donors (Lipinski definition) is 1. The largest absolute Gasteiger partial charge is 0.481 e. The zero-order valence-corrected chi connectivity index (χ0v) is 28.7. The zero-order chi connectivity index (χ0) is 34.7. The Morgan fingerprint density at radius 3 is 2.21 bits per heavy atom. The van der Waals surface area contributed by atoms with Gasteiger partial charge >= 0.3 is 5.97 Å². The van der Waals surface area contributed by atoms with Gasteiger partial charge < -0.3 is 29.5 Å². The van der Waals surface area contributed by atoms with Crippen molar-refractivity contribution in [2.24, 2.45) is 11.8 Å². The number of rotatable bonds is 15. The van der Waals surface area contributed by atoms with Crippen LogP contribution in [0.2, 0.25) is 0 Å². The van der Waals surface area contributed by atoms with Gasteiger partial charge in [-0.2, -0.15) is 0 Å². The number of hydrogen-bond acceptors (Lipinski definition) is 7. The Labute approximate surface area is 278 Å². The summed E-state index contributed by atoms with van der Waals surface area (Å²) in [6, 6.07) is 13.6. The van der Waals surface area contributed by atoms with Gasteiger partial charge in [0, 0.05) is 34.1 Å². The number of likely N-dealkylation sites (N-methyl/N-ethyl adjacent to an activating group) is 2. The summed E-state index contributed by atoms with van der Waals surface area (Å²) in [5.74, 6) is -1.54. The molecular weight excluding hydrogens is 600 g/mol. The molecule has 4 amide bonds. The number of nitrogens with one attached hydrogen (secondary N) is 1. The Hall–Kier alpha value is -4.41. The standard InChI is InChI=1S/C36H50N4O7/c1-24(2)20-28(37-33(42)27-16-11-12-18-31(27)46-23-32(41)47-22-25(3)4)34(43)40-19-13-17-29(40)36(45)39(7)30(35(44)38(5)6)21-26-14-9-8-10-15-26/h8-12,14-16,18,24-25,28-30H,13,17,19-23H2,1-7H3,(H,37,42)/t28-,29-,30+/m1/s1. The number of likely N-dealkylation sites (tertiary alicyclic amines) is 1. The highest BCUT2D eigenvalue weighted by atomic mass is 16.6. The van der Waals surface area contributed by atoms with E-state index in [4.69, 9.17) is 9.47 Å². The summed E-state index contributed by atoms with van der Waals surface area (Å²) in [4.78, 5) is 71.5. The summed E-state index contributed by atoms with van der Waals surface area (Å²) in [7, 11) is 4.93. The molecule has 1 fully saturated rings. The SMILES string of the molecule is CC(C)COC(=O)COc1ccccc1C(=O)N[C@H](CC(C)C)C(=O)N1CCC[C@@H]1C(=O)N(C)[C@@H](Cc1ccccc1)C(=O)N(C)C. The molecule has 2 aromatic rings. The Bertz CT molecular complexity index is 1380. The molecule has 1 aliphatic rings. The highest BCUT2D eigenvalue weighted by Crippen LogP contribution is 2.25. The Morgan fingerprint density at radius 1 is 0.915 bits per heavy atom. The number of carbonyl (C=O) groups excluding carboxylic acids is 5. The van der Waals surface area contributed by atoms with E-state index in [9.17, 15) is 24.0 Å². The van der Waals surface area contributed by atoms with Gasteiger partial charge in [-0.1, -0.05) is 70.2 Å². The summed E-state index contributed by atoms with van der Waals surface area (Å²) in [6.45, 7) is 8.01. The molecule has 0 aliphatic carbocycles. The number of amides is 4. The van der Waals surface area contributed by atoms with Crippen LogP contribution in [0.4, 0.5) is 0 Å². The molecule has 2 aromatic carbocycles. The van der Waals surface area contributed by atoms with E-state index in [1.807, 2.05) is 58.0 Å². The van der Waals surface area contributed by atoms with Crippen LogP contribution in [0.5, 0.6) is 5.75 Å². The monoisotopic (exact) mass is 650 g/mol. The van der Waals surface area contributed by atoms with Crippen LogP contribution >= 0.6 is 0 Å². The first-order valence-electron chi connectivity index (χ1n) is 16.3.